The lowest BCUT2D eigenvalue weighted by Crippen LogP contribution is -2.22. The second-order valence-corrected chi connectivity index (χ2v) is 7.60. The van der Waals surface area contributed by atoms with Crippen molar-refractivity contribution >= 4 is 0 Å². The molecular formula is C24H24N4. The van der Waals surface area contributed by atoms with Gasteiger partial charge in [0, 0.05) is 23.1 Å². The molecule has 0 N–H and O–H groups in total. The average molecular weight is 368 g/mol. The minimum Gasteiger partial charge on any atom is -0.258 e. The molecule has 0 unspecified atom stereocenters. The Hall–Kier alpha value is -3.27. The SMILES string of the molecule is Cc1ccc(-c2cccc(C(C)(C)c3ccn(-c4ccccc4)n3)n2)c(C)n1. The number of aromatic nitrogens is 4. The van der Waals surface area contributed by atoms with Crippen molar-refractivity contribution in [2.75, 3.05) is 0 Å². The van der Waals surface area contributed by atoms with Gasteiger partial charge in [0.25, 0.3) is 0 Å². The van der Waals surface area contributed by atoms with Gasteiger partial charge < -0.3 is 0 Å². The van der Waals surface area contributed by atoms with E-state index in [4.69, 9.17) is 10.1 Å². The summed E-state index contributed by atoms with van der Waals surface area (Å²) >= 11 is 0. The summed E-state index contributed by atoms with van der Waals surface area (Å²) in [6.45, 7) is 8.37. The van der Waals surface area contributed by atoms with E-state index in [2.05, 4.69) is 55.2 Å². The fourth-order valence-corrected chi connectivity index (χ4v) is 3.40. The maximum Gasteiger partial charge on any atom is 0.0744 e. The third kappa shape index (κ3) is 3.33. The van der Waals surface area contributed by atoms with Gasteiger partial charge in [0.05, 0.1) is 28.2 Å². The molecule has 4 heteroatoms. The van der Waals surface area contributed by atoms with Crippen molar-refractivity contribution in [1.82, 2.24) is 19.7 Å². The molecule has 0 amide bonds. The minimum atomic E-state index is -0.317. The van der Waals surface area contributed by atoms with E-state index >= 15 is 0 Å². The molecule has 4 rings (SSSR count). The van der Waals surface area contributed by atoms with Gasteiger partial charge in [-0.3, -0.25) is 9.97 Å². The summed E-state index contributed by atoms with van der Waals surface area (Å²) in [6, 6.07) is 22.5. The molecule has 0 atom stereocenters. The zero-order valence-electron chi connectivity index (χ0n) is 16.7. The zero-order valence-corrected chi connectivity index (χ0v) is 16.7. The Morgan fingerprint density at radius 1 is 0.750 bits per heavy atom. The summed E-state index contributed by atoms with van der Waals surface area (Å²) in [7, 11) is 0. The fraction of sp³-hybridized carbons (Fsp3) is 0.208. The van der Waals surface area contributed by atoms with Crippen LogP contribution in [0.15, 0.2) is 72.9 Å². The minimum absolute atomic E-state index is 0.317. The maximum absolute atomic E-state index is 4.97. The van der Waals surface area contributed by atoms with Crippen LogP contribution in [0.25, 0.3) is 16.9 Å². The highest BCUT2D eigenvalue weighted by Crippen LogP contribution is 2.31. The van der Waals surface area contributed by atoms with Gasteiger partial charge in [-0.05, 0) is 70.2 Å². The molecule has 140 valence electrons. The number of nitrogens with zero attached hydrogens (tertiary/aromatic N) is 4. The van der Waals surface area contributed by atoms with Crippen LogP contribution in [0.5, 0.6) is 0 Å². The Morgan fingerprint density at radius 2 is 1.54 bits per heavy atom. The number of hydrogen-bond acceptors (Lipinski definition) is 3. The van der Waals surface area contributed by atoms with Gasteiger partial charge >= 0.3 is 0 Å². The molecule has 0 spiro atoms. The van der Waals surface area contributed by atoms with Gasteiger partial charge in [-0.15, -0.1) is 0 Å². The second kappa shape index (κ2) is 7.04. The molecule has 28 heavy (non-hydrogen) atoms. The lowest BCUT2D eigenvalue weighted by Gasteiger charge is -2.22. The van der Waals surface area contributed by atoms with Crippen LogP contribution in [0.3, 0.4) is 0 Å². The summed E-state index contributed by atoms with van der Waals surface area (Å²) < 4.78 is 1.91. The molecule has 0 aliphatic heterocycles. The van der Waals surface area contributed by atoms with E-state index in [9.17, 15) is 0 Å². The summed E-state index contributed by atoms with van der Waals surface area (Å²) in [6.07, 6.45) is 2.00. The first kappa shape index (κ1) is 18.1. The van der Waals surface area contributed by atoms with Crippen LogP contribution in [-0.2, 0) is 5.41 Å². The van der Waals surface area contributed by atoms with Crippen molar-refractivity contribution in [3.63, 3.8) is 0 Å². The summed E-state index contributed by atoms with van der Waals surface area (Å²) in [5, 5.41) is 4.82. The predicted octanol–water partition coefficient (Wildman–Crippen LogP) is 5.27. The molecule has 1 aromatic carbocycles. The van der Waals surface area contributed by atoms with E-state index in [1.807, 2.05) is 55.1 Å². The molecule has 0 saturated heterocycles. The summed E-state index contributed by atoms with van der Waals surface area (Å²) in [4.78, 5) is 9.56. The molecule has 0 aliphatic carbocycles. The molecule has 0 saturated carbocycles. The lowest BCUT2D eigenvalue weighted by atomic mass is 9.85. The third-order valence-electron chi connectivity index (χ3n) is 5.14. The first-order chi connectivity index (χ1) is 13.4. The van der Waals surface area contributed by atoms with Gasteiger partial charge in [-0.2, -0.15) is 5.10 Å². The molecule has 0 fully saturated rings. The van der Waals surface area contributed by atoms with Crippen LogP contribution in [0, 0.1) is 13.8 Å². The van der Waals surface area contributed by atoms with Crippen LogP contribution in [-0.4, -0.2) is 19.7 Å². The van der Waals surface area contributed by atoms with E-state index in [1.54, 1.807) is 0 Å². The predicted molar refractivity (Wildman–Crippen MR) is 113 cm³/mol. The van der Waals surface area contributed by atoms with E-state index in [1.165, 1.54) is 0 Å². The normalized spacial score (nSPS) is 11.6. The van der Waals surface area contributed by atoms with Crippen LogP contribution in [0.2, 0.25) is 0 Å². The molecule has 4 nitrogen and oxygen atoms in total. The van der Waals surface area contributed by atoms with E-state index < -0.39 is 0 Å². The van der Waals surface area contributed by atoms with E-state index in [-0.39, 0.29) is 5.41 Å². The average Bonchev–Trinajstić information content (AvgIpc) is 3.20. The number of para-hydroxylation sites is 1. The largest absolute Gasteiger partial charge is 0.258 e. The standard InChI is InChI=1S/C24H24N4/c1-17-13-14-20(18(2)25-17)21-11-8-12-22(26-21)24(3,4)23-15-16-28(27-23)19-9-6-5-7-10-19/h5-16H,1-4H3. The molecule has 0 radical (unpaired) electrons. The first-order valence-electron chi connectivity index (χ1n) is 9.49. The Labute approximate surface area is 165 Å². The number of benzene rings is 1. The van der Waals surface area contributed by atoms with Crippen LogP contribution < -0.4 is 0 Å². The number of rotatable bonds is 4. The van der Waals surface area contributed by atoms with Crippen LogP contribution in [0.1, 0.15) is 36.6 Å². The third-order valence-corrected chi connectivity index (χ3v) is 5.14. The van der Waals surface area contributed by atoms with Crippen molar-refractivity contribution in [2.24, 2.45) is 0 Å². The molecule has 3 heterocycles. The highest BCUT2D eigenvalue weighted by molar-refractivity contribution is 5.62. The van der Waals surface area contributed by atoms with Gasteiger partial charge in [-0.25, -0.2) is 4.68 Å². The molecule has 0 aliphatic rings. The van der Waals surface area contributed by atoms with Crippen molar-refractivity contribution in [1.29, 1.82) is 0 Å². The highest BCUT2D eigenvalue weighted by atomic mass is 15.3. The zero-order chi connectivity index (χ0) is 19.7. The monoisotopic (exact) mass is 368 g/mol. The Kier molecular flexibility index (Phi) is 4.55. The van der Waals surface area contributed by atoms with Gasteiger partial charge in [0.2, 0.25) is 0 Å². The number of pyridine rings is 2. The molecule has 4 aromatic rings. The molecule has 3 aromatic heterocycles. The first-order valence-corrected chi connectivity index (χ1v) is 9.49. The summed E-state index contributed by atoms with van der Waals surface area (Å²) in [5.41, 5.74) is 6.73. The van der Waals surface area contributed by atoms with Crippen molar-refractivity contribution in [3.8, 4) is 16.9 Å². The van der Waals surface area contributed by atoms with Crippen molar-refractivity contribution in [3.05, 3.63) is 95.7 Å². The lowest BCUT2D eigenvalue weighted by molar-refractivity contribution is 0.586. The van der Waals surface area contributed by atoms with Gasteiger partial charge in [-0.1, -0.05) is 24.3 Å². The van der Waals surface area contributed by atoms with Crippen molar-refractivity contribution < 1.29 is 0 Å². The van der Waals surface area contributed by atoms with Crippen LogP contribution >= 0.6 is 0 Å². The Bertz CT molecular complexity index is 1110. The fourth-order valence-electron chi connectivity index (χ4n) is 3.40. The topological polar surface area (TPSA) is 43.6 Å². The van der Waals surface area contributed by atoms with Crippen LogP contribution in [0.4, 0.5) is 0 Å². The quantitative estimate of drug-likeness (QED) is 0.493. The summed E-state index contributed by atoms with van der Waals surface area (Å²) in [5.74, 6) is 0. The van der Waals surface area contributed by atoms with E-state index in [0.717, 1.165) is 39.7 Å². The number of aryl methyl sites for hydroxylation is 2. The van der Waals surface area contributed by atoms with Gasteiger partial charge in [0.15, 0.2) is 0 Å². The second-order valence-electron chi connectivity index (χ2n) is 7.60. The van der Waals surface area contributed by atoms with Gasteiger partial charge in [0.1, 0.15) is 0 Å². The molecule has 0 bridgehead atoms. The smallest absolute Gasteiger partial charge is 0.0744 e. The van der Waals surface area contributed by atoms with Crippen molar-refractivity contribution in [2.45, 2.75) is 33.1 Å². The highest BCUT2D eigenvalue weighted by Gasteiger charge is 2.28. The van der Waals surface area contributed by atoms with E-state index in [0.29, 0.717) is 0 Å². The Morgan fingerprint density at radius 3 is 2.29 bits per heavy atom. The Balaban J connectivity index is 1.71. The molecular weight excluding hydrogens is 344 g/mol. The maximum atomic E-state index is 4.97. The number of hydrogen-bond donors (Lipinski definition) is 0.